The van der Waals surface area contributed by atoms with Gasteiger partial charge in [-0.3, -0.25) is 14.3 Å². The maximum atomic E-state index is 12.4. The van der Waals surface area contributed by atoms with E-state index >= 15 is 0 Å². The third kappa shape index (κ3) is 2.94. The summed E-state index contributed by atoms with van der Waals surface area (Å²) >= 11 is 0. The van der Waals surface area contributed by atoms with Crippen molar-refractivity contribution in [2.45, 2.75) is 61.5 Å². The summed E-state index contributed by atoms with van der Waals surface area (Å²) in [5, 5.41) is 60.8. The number of ether oxygens (including phenoxy) is 2. The van der Waals surface area contributed by atoms with E-state index < -0.39 is 72.4 Å². The van der Waals surface area contributed by atoms with E-state index in [2.05, 4.69) is 0 Å². The van der Waals surface area contributed by atoms with Crippen molar-refractivity contribution < 1.29 is 40.1 Å². The molecule has 1 aromatic heterocycles. The van der Waals surface area contributed by atoms with Gasteiger partial charge in [0.05, 0.1) is 12.7 Å². The van der Waals surface area contributed by atoms with Crippen LogP contribution >= 0.6 is 0 Å². The Kier molecular flexibility index (Phi) is 5.26. The van der Waals surface area contributed by atoms with Crippen LogP contribution < -0.4 is 11.2 Å². The first-order chi connectivity index (χ1) is 12.6. The van der Waals surface area contributed by atoms with E-state index in [0.717, 1.165) is 12.3 Å². The molecule has 0 amide bonds. The first-order valence-corrected chi connectivity index (χ1v) is 8.32. The van der Waals surface area contributed by atoms with Gasteiger partial charge in [-0.05, 0) is 6.92 Å². The largest absolute Gasteiger partial charge is 0.394 e. The minimum absolute atomic E-state index is 0.711. The van der Waals surface area contributed by atoms with Gasteiger partial charge in [-0.2, -0.15) is 0 Å². The number of H-pyrrole nitrogens is 1. The van der Waals surface area contributed by atoms with Crippen molar-refractivity contribution in [1.82, 2.24) is 9.55 Å². The van der Waals surface area contributed by atoms with E-state index in [1.54, 1.807) is 0 Å². The van der Waals surface area contributed by atoms with Crippen LogP contribution in [-0.4, -0.2) is 95.6 Å². The first kappa shape index (κ1) is 20.1. The number of aromatic nitrogens is 2. The van der Waals surface area contributed by atoms with Crippen molar-refractivity contribution in [1.29, 1.82) is 0 Å². The summed E-state index contributed by atoms with van der Waals surface area (Å²) in [5.74, 6) is 0. The van der Waals surface area contributed by atoms with E-state index in [0.29, 0.717) is 4.57 Å². The lowest BCUT2D eigenvalue weighted by Crippen LogP contribution is -2.69. The third-order valence-corrected chi connectivity index (χ3v) is 5.11. The number of aliphatic hydroxyl groups is 6. The van der Waals surface area contributed by atoms with Gasteiger partial charge in [0, 0.05) is 12.3 Å². The third-order valence-electron chi connectivity index (χ3n) is 5.11. The maximum absolute atomic E-state index is 12.4. The molecule has 7 N–H and O–H groups in total. The van der Waals surface area contributed by atoms with Crippen molar-refractivity contribution >= 4 is 0 Å². The maximum Gasteiger partial charge on any atom is 0.330 e. The van der Waals surface area contributed by atoms with Crippen LogP contribution in [-0.2, 0) is 15.2 Å². The zero-order valence-corrected chi connectivity index (χ0v) is 14.2. The molecule has 9 atom stereocenters. The van der Waals surface area contributed by atoms with E-state index in [4.69, 9.17) is 9.47 Å². The number of hydrogen-bond acceptors (Lipinski definition) is 10. The SMILES string of the molecule is C[C@@H]1OC([C@@]2(n3ccc(=O)[nH]c3=O)O[C@H](CO)[C@@H](O)[C@H]2O)[C@H](O)[C@H](O)[C@H]1O. The molecule has 0 spiro atoms. The van der Waals surface area contributed by atoms with Crippen molar-refractivity contribution in [3.05, 3.63) is 33.1 Å². The predicted molar refractivity (Wildman–Crippen MR) is 85.6 cm³/mol. The highest BCUT2D eigenvalue weighted by Gasteiger charge is 2.65. The first-order valence-electron chi connectivity index (χ1n) is 8.32. The quantitative estimate of drug-likeness (QED) is 0.263. The minimum Gasteiger partial charge on any atom is -0.394 e. The Hall–Kier alpha value is -1.64. The minimum atomic E-state index is -2.30. The Morgan fingerprint density at radius 2 is 1.78 bits per heavy atom. The summed E-state index contributed by atoms with van der Waals surface area (Å²) in [5.41, 5.74) is -4.09. The van der Waals surface area contributed by atoms with E-state index in [9.17, 15) is 40.2 Å². The molecule has 1 unspecified atom stereocenters. The number of aromatic amines is 1. The molecule has 2 fully saturated rings. The standard InChI is InChI=1S/C15H22N2O10/c1-5-8(20)10(22)11(23)13(26-5)15(12(24)9(21)6(4-18)27-15)17-3-2-7(19)16-14(17)25/h2-3,5-6,8-13,18,20-24H,4H2,1H3,(H,16,19,25)/t5-,6+,8-,9+,10+,11+,12+,13?,15-/m0/s1. The molecule has 2 aliphatic rings. The monoisotopic (exact) mass is 390 g/mol. The number of aliphatic hydroxyl groups excluding tert-OH is 6. The summed E-state index contributed by atoms with van der Waals surface area (Å²) in [6.45, 7) is 0.652. The molecule has 3 rings (SSSR count). The lowest BCUT2D eigenvalue weighted by molar-refractivity contribution is -0.305. The lowest BCUT2D eigenvalue weighted by atomic mass is 9.86. The summed E-state index contributed by atoms with van der Waals surface area (Å²) in [6.07, 6.45) is -11.7. The smallest absolute Gasteiger partial charge is 0.330 e. The average molecular weight is 390 g/mol. The molecular weight excluding hydrogens is 368 g/mol. The zero-order chi connectivity index (χ0) is 20.1. The van der Waals surface area contributed by atoms with Gasteiger partial charge in [-0.25, -0.2) is 4.79 Å². The molecule has 152 valence electrons. The fourth-order valence-corrected chi connectivity index (χ4v) is 3.63. The number of rotatable bonds is 3. The van der Waals surface area contributed by atoms with Crippen LogP contribution in [0.3, 0.4) is 0 Å². The van der Waals surface area contributed by atoms with Gasteiger partial charge in [0.1, 0.15) is 42.7 Å². The van der Waals surface area contributed by atoms with Crippen LogP contribution in [0.5, 0.6) is 0 Å². The summed E-state index contributed by atoms with van der Waals surface area (Å²) < 4.78 is 11.8. The predicted octanol–water partition coefficient (Wildman–Crippen LogP) is -4.83. The number of hydrogen-bond donors (Lipinski definition) is 7. The molecule has 2 aliphatic heterocycles. The second kappa shape index (κ2) is 7.07. The van der Waals surface area contributed by atoms with Crippen molar-refractivity contribution in [2.24, 2.45) is 0 Å². The summed E-state index contributed by atoms with van der Waals surface area (Å²) in [4.78, 5) is 25.7. The Morgan fingerprint density at radius 1 is 1.11 bits per heavy atom. The van der Waals surface area contributed by atoms with Crippen LogP contribution in [0, 0.1) is 0 Å². The fourth-order valence-electron chi connectivity index (χ4n) is 3.63. The molecule has 0 aromatic carbocycles. The number of nitrogens with zero attached hydrogens (tertiary/aromatic N) is 1. The van der Waals surface area contributed by atoms with Crippen LogP contribution in [0.1, 0.15) is 6.92 Å². The van der Waals surface area contributed by atoms with Gasteiger partial charge in [-0.15, -0.1) is 0 Å². The zero-order valence-electron chi connectivity index (χ0n) is 14.2. The van der Waals surface area contributed by atoms with Crippen molar-refractivity contribution in [3.8, 4) is 0 Å². The van der Waals surface area contributed by atoms with Gasteiger partial charge >= 0.3 is 5.69 Å². The highest BCUT2D eigenvalue weighted by Crippen LogP contribution is 2.42. The molecule has 1 aromatic rings. The van der Waals surface area contributed by atoms with Crippen LogP contribution in [0.25, 0.3) is 0 Å². The second-order valence-electron chi connectivity index (χ2n) is 6.74. The normalized spacial score (nSPS) is 45.1. The van der Waals surface area contributed by atoms with Crippen LogP contribution in [0.15, 0.2) is 21.9 Å². The lowest BCUT2D eigenvalue weighted by Gasteiger charge is -2.48. The van der Waals surface area contributed by atoms with Crippen molar-refractivity contribution in [2.75, 3.05) is 6.61 Å². The molecule has 27 heavy (non-hydrogen) atoms. The highest BCUT2D eigenvalue weighted by atomic mass is 16.6. The van der Waals surface area contributed by atoms with E-state index in [1.165, 1.54) is 6.92 Å². The molecule has 0 saturated carbocycles. The number of nitrogens with one attached hydrogen (secondary N) is 1. The molecular formula is C15H22N2O10. The molecule has 0 bridgehead atoms. The molecule has 12 nitrogen and oxygen atoms in total. The van der Waals surface area contributed by atoms with Crippen LogP contribution in [0.4, 0.5) is 0 Å². The van der Waals surface area contributed by atoms with E-state index in [-0.39, 0.29) is 0 Å². The highest BCUT2D eigenvalue weighted by molar-refractivity contribution is 5.10. The Bertz CT molecular complexity index is 795. The molecule has 2 saturated heterocycles. The molecule has 0 aliphatic carbocycles. The van der Waals surface area contributed by atoms with Gasteiger partial charge in [0.2, 0.25) is 5.72 Å². The molecule has 12 heteroatoms. The van der Waals surface area contributed by atoms with E-state index in [1.807, 2.05) is 4.98 Å². The Balaban J connectivity index is 2.20. The Morgan fingerprint density at radius 3 is 2.33 bits per heavy atom. The average Bonchev–Trinajstić information content (AvgIpc) is 2.88. The van der Waals surface area contributed by atoms with Crippen LogP contribution in [0.2, 0.25) is 0 Å². The Labute approximate surface area is 151 Å². The van der Waals surface area contributed by atoms with Gasteiger partial charge < -0.3 is 40.1 Å². The topological polar surface area (TPSA) is 195 Å². The van der Waals surface area contributed by atoms with Crippen molar-refractivity contribution in [3.63, 3.8) is 0 Å². The van der Waals surface area contributed by atoms with Gasteiger partial charge in [0.25, 0.3) is 5.56 Å². The molecule has 0 radical (unpaired) electrons. The van der Waals surface area contributed by atoms with Gasteiger partial charge in [-0.1, -0.05) is 0 Å². The van der Waals surface area contributed by atoms with Gasteiger partial charge in [0.15, 0.2) is 0 Å². The summed E-state index contributed by atoms with van der Waals surface area (Å²) in [7, 11) is 0. The fraction of sp³-hybridized carbons (Fsp3) is 0.733. The summed E-state index contributed by atoms with van der Waals surface area (Å²) in [6, 6.07) is 0.946. The second-order valence-corrected chi connectivity index (χ2v) is 6.74. The molecule has 3 heterocycles.